The maximum absolute atomic E-state index is 13.8. The molecular weight excluding hydrogens is 507 g/mol. The summed E-state index contributed by atoms with van der Waals surface area (Å²) in [4.78, 5) is 31.9. The fourth-order valence-electron chi connectivity index (χ4n) is 4.41. The van der Waals surface area contributed by atoms with E-state index >= 15 is 0 Å². The minimum atomic E-state index is -0.331. The minimum Gasteiger partial charge on any atom is -0.497 e. The molecule has 1 saturated heterocycles. The second-order valence-corrected chi connectivity index (χ2v) is 10.3. The summed E-state index contributed by atoms with van der Waals surface area (Å²) < 4.78 is 30.0. The number of rotatable bonds is 11. The van der Waals surface area contributed by atoms with Gasteiger partial charge >= 0.3 is 0 Å². The van der Waals surface area contributed by atoms with Gasteiger partial charge < -0.3 is 24.0 Å². The second-order valence-electron chi connectivity index (χ2n) is 9.33. The lowest BCUT2D eigenvalue weighted by Gasteiger charge is -2.29. The number of thiophene rings is 1. The molecule has 38 heavy (non-hydrogen) atoms. The maximum Gasteiger partial charge on any atom is 0.254 e. The third kappa shape index (κ3) is 7.11. The van der Waals surface area contributed by atoms with Gasteiger partial charge in [-0.25, -0.2) is 4.39 Å². The van der Waals surface area contributed by atoms with Crippen molar-refractivity contribution in [2.45, 2.75) is 39.0 Å². The van der Waals surface area contributed by atoms with Crippen LogP contribution < -0.4 is 9.47 Å². The van der Waals surface area contributed by atoms with Gasteiger partial charge in [-0.2, -0.15) is 0 Å². The number of hydrogen-bond donors (Lipinski definition) is 0. The minimum absolute atomic E-state index is 0.121. The smallest absolute Gasteiger partial charge is 0.254 e. The Morgan fingerprint density at radius 1 is 1.03 bits per heavy atom. The van der Waals surface area contributed by atoms with E-state index in [1.165, 1.54) is 26.4 Å². The highest BCUT2D eigenvalue weighted by Crippen LogP contribution is 2.25. The Morgan fingerprint density at radius 2 is 1.74 bits per heavy atom. The molecule has 0 spiro atoms. The van der Waals surface area contributed by atoms with Gasteiger partial charge in [-0.1, -0.05) is 12.1 Å². The van der Waals surface area contributed by atoms with Crippen LogP contribution >= 0.6 is 11.3 Å². The van der Waals surface area contributed by atoms with Gasteiger partial charge in [0.25, 0.3) is 5.91 Å². The van der Waals surface area contributed by atoms with E-state index in [1.54, 1.807) is 51.5 Å². The van der Waals surface area contributed by atoms with Crippen LogP contribution in [0.15, 0.2) is 53.9 Å². The fraction of sp³-hybridized carbons (Fsp3) is 0.379. The summed E-state index contributed by atoms with van der Waals surface area (Å²) in [6.45, 7) is 3.52. The van der Waals surface area contributed by atoms with E-state index < -0.39 is 0 Å². The lowest BCUT2D eigenvalue weighted by atomic mass is 10.1. The van der Waals surface area contributed by atoms with Gasteiger partial charge in [0.1, 0.15) is 23.9 Å². The number of ether oxygens (including phenoxy) is 3. The first kappa shape index (κ1) is 27.6. The summed E-state index contributed by atoms with van der Waals surface area (Å²) in [7, 11) is 3.05. The maximum atomic E-state index is 13.8. The Morgan fingerprint density at radius 3 is 2.32 bits per heavy atom. The number of halogens is 1. The number of benzene rings is 2. The Labute approximate surface area is 226 Å². The molecule has 2 heterocycles. The predicted octanol–water partition coefficient (Wildman–Crippen LogP) is 5.06. The number of methoxy groups -OCH3 is 2. The van der Waals surface area contributed by atoms with E-state index in [2.05, 4.69) is 0 Å². The Hall–Kier alpha value is -3.43. The van der Waals surface area contributed by atoms with Crippen molar-refractivity contribution in [2.24, 2.45) is 0 Å². The SMILES string of the molecule is COc1cc(OC)cc(C(=O)N(CC(=O)N(Cc2ccc(F)cc2)Cc2sccc2C)CC2CCCO2)c1. The normalized spacial score (nSPS) is 14.8. The van der Waals surface area contributed by atoms with E-state index in [0.29, 0.717) is 43.3 Å². The van der Waals surface area contributed by atoms with Gasteiger partial charge in [0.15, 0.2) is 0 Å². The van der Waals surface area contributed by atoms with Gasteiger partial charge in [-0.3, -0.25) is 9.59 Å². The molecule has 0 N–H and O–H groups in total. The Bertz CT molecular complexity index is 1220. The van der Waals surface area contributed by atoms with Gasteiger partial charge in [-0.15, -0.1) is 11.3 Å². The van der Waals surface area contributed by atoms with Crippen LogP contribution in [0.5, 0.6) is 11.5 Å². The van der Waals surface area contributed by atoms with Crippen LogP contribution in [0.2, 0.25) is 0 Å². The molecule has 2 amide bonds. The molecule has 0 bridgehead atoms. The number of carbonyl (C=O) groups excluding carboxylic acids is 2. The predicted molar refractivity (Wildman–Crippen MR) is 144 cm³/mol. The molecular formula is C29H33FN2O5S. The molecule has 1 atom stereocenters. The summed E-state index contributed by atoms with van der Waals surface area (Å²) >= 11 is 1.58. The summed E-state index contributed by atoms with van der Waals surface area (Å²) in [5.74, 6) is 0.135. The molecule has 3 aromatic rings. The van der Waals surface area contributed by atoms with Crippen molar-refractivity contribution in [1.29, 1.82) is 0 Å². The van der Waals surface area contributed by atoms with Gasteiger partial charge in [0.05, 0.1) is 26.9 Å². The van der Waals surface area contributed by atoms with Crippen molar-refractivity contribution in [3.63, 3.8) is 0 Å². The first-order valence-corrected chi connectivity index (χ1v) is 13.4. The van der Waals surface area contributed by atoms with Crippen LogP contribution in [0, 0.1) is 12.7 Å². The van der Waals surface area contributed by atoms with Crippen molar-refractivity contribution >= 4 is 23.2 Å². The molecule has 0 aliphatic carbocycles. The average Bonchev–Trinajstić information content (AvgIpc) is 3.59. The molecule has 1 aliphatic heterocycles. The van der Waals surface area contributed by atoms with Gasteiger partial charge in [-0.05, 0) is 66.6 Å². The molecule has 1 aromatic heterocycles. The molecule has 2 aromatic carbocycles. The highest BCUT2D eigenvalue weighted by atomic mass is 32.1. The van der Waals surface area contributed by atoms with Crippen LogP contribution in [-0.2, 0) is 22.6 Å². The van der Waals surface area contributed by atoms with Gasteiger partial charge in [0.2, 0.25) is 5.91 Å². The zero-order valence-electron chi connectivity index (χ0n) is 21.9. The number of hydrogen-bond acceptors (Lipinski definition) is 6. The van der Waals surface area contributed by atoms with Crippen molar-refractivity contribution in [2.75, 3.05) is 33.9 Å². The standard InChI is InChI=1S/C29H33FN2O5S/c1-20-10-12-38-27(20)18-31(16-21-6-8-23(30)9-7-21)28(33)19-32(17-24-5-4-11-37-24)29(34)22-13-25(35-2)15-26(14-22)36-3/h6-10,12-15,24H,4-5,11,16-19H2,1-3H3. The summed E-state index contributed by atoms with van der Waals surface area (Å²) in [6, 6.07) is 13.1. The fourth-order valence-corrected chi connectivity index (χ4v) is 5.33. The number of nitrogens with zero attached hydrogens (tertiary/aromatic N) is 2. The monoisotopic (exact) mass is 540 g/mol. The van der Waals surface area contributed by atoms with Crippen LogP contribution in [-0.4, -0.2) is 61.6 Å². The second kappa shape index (κ2) is 12.9. The molecule has 9 heteroatoms. The van der Waals surface area contributed by atoms with Crippen LogP contribution in [0.25, 0.3) is 0 Å². The van der Waals surface area contributed by atoms with Crippen LogP contribution in [0.1, 0.15) is 39.2 Å². The topological polar surface area (TPSA) is 68.3 Å². The molecule has 1 unspecified atom stereocenters. The molecule has 0 radical (unpaired) electrons. The van der Waals surface area contributed by atoms with Gasteiger partial charge in [0, 0.05) is 36.2 Å². The summed E-state index contributed by atoms with van der Waals surface area (Å²) in [6.07, 6.45) is 1.61. The van der Waals surface area contributed by atoms with E-state index in [4.69, 9.17) is 14.2 Å². The van der Waals surface area contributed by atoms with Crippen molar-refractivity contribution < 1.29 is 28.2 Å². The van der Waals surface area contributed by atoms with E-state index in [0.717, 1.165) is 28.8 Å². The van der Waals surface area contributed by atoms with Crippen LogP contribution in [0.4, 0.5) is 4.39 Å². The average molecular weight is 541 g/mol. The first-order chi connectivity index (χ1) is 18.4. The van der Waals surface area contributed by atoms with E-state index in [9.17, 15) is 14.0 Å². The molecule has 1 aliphatic rings. The quantitative estimate of drug-likeness (QED) is 0.340. The highest BCUT2D eigenvalue weighted by Gasteiger charge is 2.28. The third-order valence-corrected chi connectivity index (χ3v) is 7.61. The summed E-state index contributed by atoms with van der Waals surface area (Å²) in [5, 5.41) is 1.99. The zero-order chi connectivity index (χ0) is 27.1. The molecule has 7 nitrogen and oxygen atoms in total. The lowest BCUT2D eigenvalue weighted by Crippen LogP contribution is -2.45. The van der Waals surface area contributed by atoms with E-state index in [-0.39, 0.29) is 30.3 Å². The number of carbonyl (C=O) groups is 2. The largest absolute Gasteiger partial charge is 0.497 e. The highest BCUT2D eigenvalue weighted by molar-refractivity contribution is 7.10. The molecule has 0 saturated carbocycles. The van der Waals surface area contributed by atoms with Crippen molar-refractivity contribution in [3.8, 4) is 11.5 Å². The zero-order valence-corrected chi connectivity index (χ0v) is 22.8. The van der Waals surface area contributed by atoms with Crippen LogP contribution in [0.3, 0.4) is 0 Å². The molecule has 4 rings (SSSR count). The Kier molecular flexibility index (Phi) is 9.36. The molecule has 1 fully saturated rings. The van der Waals surface area contributed by atoms with Crippen molar-refractivity contribution in [1.82, 2.24) is 9.80 Å². The summed E-state index contributed by atoms with van der Waals surface area (Å²) in [5.41, 5.74) is 2.28. The third-order valence-electron chi connectivity index (χ3n) is 6.60. The van der Waals surface area contributed by atoms with E-state index in [1.807, 2.05) is 18.4 Å². The van der Waals surface area contributed by atoms with Crippen molar-refractivity contribution in [3.05, 3.63) is 81.3 Å². The lowest BCUT2D eigenvalue weighted by molar-refractivity contribution is -0.133. The first-order valence-electron chi connectivity index (χ1n) is 12.6. The number of amides is 2. The molecule has 202 valence electrons. The number of aryl methyl sites for hydroxylation is 1. The Balaban J connectivity index is 1.60.